The maximum absolute atomic E-state index is 12.8. The molecule has 0 radical (unpaired) electrons. The molecule has 2 heterocycles. The lowest BCUT2D eigenvalue weighted by atomic mass is 10.0. The molecular weight excluding hydrogens is 526 g/mol. The monoisotopic (exact) mass is 551 g/mol. The molecule has 0 aliphatic carbocycles. The predicted molar refractivity (Wildman–Crippen MR) is 143 cm³/mol. The van der Waals surface area contributed by atoms with Crippen LogP contribution in [0, 0.1) is 0 Å². The van der Waals surface area contributed by atoms with E-state index in [1.54, 1.807) is 18.5 Å². The standard InChI is InChI=1S/C26H26BrN5O2S/c1-26(2,3)34-25(33)30-20(15-17-9-5-4-6-10-17)21-22(18-11-7-12-19(27)16-18)35-24(31-21)32-23-28-13-8-14-29-23/h4-14,16,20H,15H2,1-3H3,(H,30,33)(H,28,29,31,32). The number of alkyl carbamates (subject to hydrolysis) is 1. The number of nitrogens with one attached hydrogen (secondary N) is 2. The number of carbonyl (C=O) groups excluding carboxylic acids is 1. The van der Waals surface area contributed by atoms with Crippen LogP contribution in [0.2, 0.25) is 0 Å². The van der Waals surface area contributed by atoms with E-state index in [1.807, 2.05) is 75.4 Å². The van der Waals surface area contributed by atoms with Crippen LogP contribution in [0.25, 0.3) is 10.4 Å². The van der Waals surface area contributed by atoms with Crippen LogP contribution >= 0.6 is 27.3 Å². The number of rotatable bonds is 7. The van der Waals surface area contributed by atoms with Crippen molar-refractivity contribution in [3.05, 3.63) is 88.8 Å². The van der Waals surface area contributed by atoms with Gasteiger partial charge in [-0.15, -0.1) is 0 Å². The molecule has 4 aromatic rings. The highest BCUT2D eigenvalue weighted by Gasteiger charge is 2.26. The first-order valence-corrected chi connectivity index (χ1v) is 12.7. The van der Waals surface area contributed by atoms with Crippen molar-refractivity contribution in [3.63, 3.8) is 0 Å². The zero-order chi connectivity index (χ0) is 24.8. The largest absolute Gasteiger partial charge is 0.444 e. The van der Waals surface area contributed by atoms with Crippen LogP contribution in [0.15, 0.2) is 77.5 Å². The second-order valence-electron chi connectivity index (χ2n) is 8.83. The van der Waals surface area contributed by atoms with E-state index in [9.17, 15) is 4.79 Å². The van der Waals surface area contributed by atoms with Gasteiger partial charge in [0.15, 0.2) is 5.13 Å². The van der Waals surface area contributed by atoms with Crippen molar-refractivity contribution < 1.29 is 9.53 Å². The zero-order valence-electron chi connectivity index (χ0n) is 19.7. The van der Waals surface area contributed by atoms with Crippen LogP contribution in [0.4, 0.5) is 15.9 Å². The Labute approximate surface area is 217 Å². The lowest BCUT2D eigenvalue weighted by Gasteiger charge is -2.23. The van der Waals surface area contributed by atoms with Gasteiger partial charge in [-0.1, -0.05) is 69.7 Å². The highest BCUT2D eigenvalue weighted by Crippen LogP contribution is 2.39. The first kappa shape index (κ1) is 24.8. The SMILES string of the molecule is CC(C)(C)OC(=O)NC(Cc1ccccc1)c1nc(Nc2ncccn2)sc1-c1cccc(Br)c1. The molecule has 0 bridgehead atoms. The molecule has 2 N–H and O–H groups in total. The average molecular weight is 552 g/mol. The van der Waals surface area contributed by atoms with Gasteiger partial charge in [0.25, 0.3) is 0 Å². The molecule has 4 rings (SSSR count). The number of carbonyl (C=O) groups is 1. The van der Waals surface area contributed by atoms with Crippen molar-refractivity contribution in [2.75, 3.05) is 5.32 Å². The first-order valence-electron chi connectivity index (χ1n) is 11.1. The molecule has 2 aromatic heterocycles. The van der Waals surface area contributed by atoms with E-state index in [2.05, 4.69) is 36.5 Å². The van der Waals surface area contributed by atoms with Gasteiger partial charge in [-0.2, -0.15) is 0 Å². The van der Waals surface area contributed by atoms with E-state index in [0.29, 0.717) is 17.5 Å². The van der Waals surface area contributed by atoms with E-state index in [0.717, 1.165) is 26.2 Å². The van der Waals surface area contributed by atoms with Gasteiger partial charge in [-0.3, -0.25) is 0 Å². The van der Waals surface area contributed by atoms with Crippen LogP contribution in [0.3, 0.4) is 0 Å². The molecule has 0 aliphatic rings. The lowest BCUT2D eigenvalue weighted by molar-refractivity contribution is 0.0502. The van der Waals surface area contributed by atoms with Crippen molar-refractivity contribution in [1.29, 1.82) is 0 Å². The summed E-state index contributed by atoms with van der Waals surface area (Å²) in [4.78, 5) is 27.2. The average Bonchev–Trinajstić information content (AvgIpc) is 3.22. The molecule has 0 spiro atoms. The number of nitrogens with zero attached hydrogens (tertiary/aromatic N) is 3. The minimum Gasteiger partial charge on any atom is -0.444 e. The molecule has 1 unspecified atom stereocenters. The maximum atomic E-state index is 12.8. The van der Waals surface area contributed by atoms with E-state index in [4.69, 9.17) is 9.72 Å². The Morgan fingerprint density at radius 1 is 1.06 bits per heavy atom. The molecular formula is C26H26BrN5O2S. The van der Waals surface area contributed by atoms with Gasteiger partial charge >= 0.3 is 6.09 Å². The number of anilines is 2. The number of thiazole rings is 1. The summed E-state index contributed by atoms with van der Waals surface area (Å²) < 4.78 is 6.53. The quantitative estimate of drug-likeness (QED) is 0.259. The second-order valence-corrected chi connectivity index (χ2v) is 10.7. The van der Waals surface area contributed by atoms with E-state index >= 15 is 0 Å². The van der Waals surface area contributed by atoms with Crippen molar-refractivity contribution in [2.45, 2.75) is 38.8 Å². The fourth-order valence-electron chi connectivity index (χ4n) is 3.43. The van der Waals surface area contributed by atoms with Crippen molar-refractivity contribution in [2.24, 2.45) is 0 Å². The van der Waals surface area contributed by atoms with Gasteiger partial charge in [-0.25, -0.2) is 19.7 Å². The van der Waals surface area contributed by atoms with Gasteiger partial charge in [-0.05, 0) is 56.5 Å². The molecule has 1 atom stereocenters. The number of halogens is 1. The Hall–Kier alpha value is -3.30. The van der Waals surface area contributed by atoms with Crippen molar-refractivity contribution in [1.82, 2.24) is 20.3 Å². The number of aromatic nitrogens is 3. The van der Waals surface area contributed by atoms with Crippen molar-refractivity contribution >= 4 is 44.4 Å². The highest BCUT2D eigenvalue weighted by atomic mass is 79.9. The molecule has 0 aliphatic heterocycles. The number of amides is 1. The lowest BCUT2D eigenvalue weighted by Crippen LogP contribution is -2.36. The summed E-state index contributed by atoms with van der Waals surface area (Å²) in [5.74, 6) is 0.452. The molecule has 0 saturated carbocycles. The predicted octanol–water partition coefficient (Wildman–Crippen LogP) is 6.91. The van der Waals surface area contributed by atoms with Gasteiger partial charge in [0, 0.05) is 16.9 Å². The fraction of sp³-hybridized carbons (Fsp3) is 0.231. The molecule has 0 saturated heterocycles. The Kier molecular flexibility index (Phi) is 7.77. The third kappa shape index (κ3) is 7.10. The van der Waals surface area contributed by atoms with Crippen LogP contribution in [0.5, 0.6) is 0 Å². The minimum atomic E-state index is -0.617. The number of hydrogen-bond acceptors (Lipinski definition) is 7. The van der Waals surface area contributed by atoms with E-state index < -0.39 is 17.7 Å². The van der Waals surface area contributed by atoms with Gasteiger partial charge in [0.05, 0.1) is 16.6 Å². The Balaban J connectivity index is 1.76. The molecule has 7 nitrogen and oxygen atoms in total. The van der Waals surface area contributed by atoms with Crippen LogP contribution in [0.1, 0.15) is 38.1 Å². The molecule has 2 aromatic carbocycles. The normalized spacial score (nSPS) is 12.1. The topological polar surface area (TPSA) is 89.0 Å². The minimum absolute atomic E-state index is 0.426. The summed E-state index contributed by atoms with van der Waals surface area (Å²) in [7, 11) is 0. The summed E-state index contributed by atoms with van der Waals surface area (Å²) in [6, 6.07) is 19.3. The summed E-state index contributed by atoms with van der Waals surface area (Å²) in [6.45, 7) is 5.53. The third-order valence-electron chi connectivity index (χ3n) is 4.83. The summed E-state index contributed by atoms with van der Waals surface area (Å²) in [6.07, 6.45) is 3.39. The third-order valence-corrected chi connectivity index (χ3v) is 6.36. The fourth-order valence-corrected chi connectivity index (χ4v) is 4.85. The van der Waals surface area contributed by atoms with Crippen molar-refractivity contribution in [3.8, 4) is 10.4 Å². The van der Waals surface area contributed by atoms with E-state index in [1.165, 1.54) is 11.3 Å². The summed E-state index contributed by atoms with van der Waals surface area (Å²) >= 11 is 5.05. The second kappa shape index (κ2) is 11.0. The Bertz CT molecular complexity index is 1280. The molecule has 1 amide bonds. The smallest absolute Gasteiger partial charge is 0.408 e. The maximum Gasteiger partial charge on any atom is 0.408 e. The number of hydrogen-bond donors (Lipinski definition) is 2. The van der Waals surface area contributed by atoms with Gasteiger partial charge < -0.3 is 15.4 Å². The van der Waals surface area contributed by atoms with Crippen LogP contribution < -0.4 is 10.6 Å². The number of ether oxygens (including phenoxy) is 1. The Morgan fingerprint density at radius 2 is 1.80 bits per heavy atom. The van der Waals surface area contributed by atoms with Crippen LogP contribution in [-0.4, -0.2) is 26.6 Å². The summed E-state index contributed by atoms with van der Waals surface area (Å²) in [5.41, 5.74) is 2.18. The van der Waals surface area contributed by atoms with E-state index in [-0.39, 0.29) is 0 Å². The molecule has 180 valence electrons. The zero-order valence-corrected chi connectivity index (χ0v) is 22.1. The molecule has 35 heavy (non-hydrogen) atoms. The van der Waals surface area contributed by atoms with Crippen LogP contribution in [-0.2, 0) is 11.2 Å². The van der Waals surface area contributed by atoms with Gasteiger partial charge in [0.1, 0.15) is 5.60 Å². The van der Waals surface area contributed by atoms with Gasteiger partial charge in [0.2, 0.25) is 5.95 Å². The highest BCUT2D eigenvalue weighted by molar-refractivity contribution is 9.10. The summed E-state index contributed by atoms with van der Waals surface area (Å²) in [5, 5.41) is 6.87. The molecule has 9 heteroatoms. The Morgan fingerprint density at radius 3 is 2.49 bits per heavy atom. The number of benzene rings is 2. The first-order chi connectivity index (χ1) is 16.8. The molecule has 0 fully saturated rings.